The summed E-state index contributed by atoms with van der Waals surface area (Å²) in [4.78, 5) is 35.4. The van der Waals surface area contributed by atoms with Crippen molar-refractivity contribution in [2.75, 3.05) is 13.6 Å². The smallest absolute Gasteiger partial charge is 0.245 e. The molecular formula is C13H25N3O3. The molecule has 1 aliphatic heterocycles. The second-order valence-corrected chi connectivity index (χ2v) is 4.67. The van der Waals surface area contributed by atoms with Gasteiger partial charge >= 0.3 is 0 Å². The third-order valence-electron chi connectivity index (χ3n) is 2.62. The first kappa shape index (κ1) is 17.4. The van der Waals surface area contributed by atoms with Crippen LogP contribution in [0.5, 0.6) is 0 Å². The molecule has 0 aliphatic carbocycles. The Bertz CT molecular complexity index is 331. The van der Waals surface area contributed by atoms with Crippen LogP contribution in [-0.4, -0.2) is 48.3 Å². The molecule has 6 nitrogen and oxygen atoms in total. The van der Waals surface area contributed by atoms with E-state index in [0.717, 1.165) is 0 Å². The third kappa shape index (κ3) is 5.72. The highest BCUT2D eigenvalue weighted by Crippen LogP contribution is 2.09. The van der Waals surface area contributed by atoms with Gasteiger partial charge in [-0.1, -0.05) is 20.3 Å². The van der Waals surface area contributed by atoms with E-state index in [0.29, 0.717) is 13.0 Å². The zero-order valence-electron chi connectivity index (χ0n) is 12.4. The summed E-state index contributed by atoms with van der Waals surface area (Å²) in [6.45, 7) is 7.80. The van der Waals surface area contributed by atoms with Crippen LogP contribution in [-0.2, 0) is 14.4 Å². The first-order chi connectivity index (χ1) is 8.84. The molecule has 2 atom stereocenters. The molecule has 6 heteroatoms. The minimum atomic E-state index is -0.601. The highest BCUT2D eigenvalue weighted by atomic mass is 16.2. The maximum atomic E-state index is 11.8. The van der Waals surface area contributed by atoms with E-state index in [1.54, 1.807) is 14.0 Å². The molecule has 1 heterocycles. The SMILES string of the molecule is CC(=O)N[C@@H](C)C(=O)N(C)[C@H]1CCNC1=O.CCC. The number of carbonyl (C=O) groups is 3. The molecule has 0 spiro atoms. The van der Waals surface area contributed by atoms with E-state index >= 15 is 0 Å². The largest absolute Gasteiger partial charge is 0.354 e. The van der Waals surface area contributed by atoms with Gasteiger partial charge in [-0.3, -0.25) is 14.4 Å². The second-order valence-electron chi connectivity index (χ2n) is 4.67. The van der Waals surface area contributed by atoms with Crippen molar-refractivity contribution in [3.05, 3.63) is 0 Å². The molecule has 0 bridgehead atoms. The number of hydrogen-bond acceptors (Lipinski definition) is 3. The van der Waals surface area contributed by atoms with E-state index in [1.807, 2.05) is 0 Å². The van der Waals surface area contributed by atoms with Crippen LogP contribution in [0, 0.1) is 0 Å². The molecule has 1 fully saturated rings. The Morgan fingerprint density at radius 3 is 2.37 bits per heavy atom. The number of amides is 3. The van der Waals surface area contributed by atoms with Crippen LogP contribution >= 0.6 is 0 Å². The molecule has 3 amide bonds. The topological polar surface area (TPSA) is 78.5 Å². The highest BCUT2D eigenvalue weighted by Gasteiger charge is 2.32. The minimum Gasteiger partial charge on any atom is -0.354 e. The zero-order valence-corrected chi connectivity index (χ0v) is 12.4. The summed E-state index contributed by atoms with van der Waals surface area (Å²) in [5, 5.41) is 5.16. The van der Waals surface area contributed by atoms with Crippen LogP contribution in [0.25, 0.3) is 0 Å². The van der Waals surface area contributed by atoms with E-state index in [1.165, 1.54) is 18.2 Å². The van der Waals surface area contributed by atoms with Crippen LogP contribution < -0.4 is 10.6 Å². The number of rotatable bonds is 3. The van der Waals surface area contributed by atoms with E-state index in [9.17, 15) is 14.4 Å². The number of hydrogen-bond donors (Lipinski definition) is 2. The lowest BCUT2D eigenvalue weighted by atomic mass is 10.2. The Balaban J connectivity index is 0.000000982. The Morgan fingerprint density at radius 2 is 2.00 bits per heavy atom. The Kier molecular flexibility index (Phi) is 7.79. The highest BCUT2D eigenvalue weighted by molar-refractivity contribution is 5.92. The molecule has 0 aromatic rings. The van der Waals surface area contributed by atoms with Gasteiger partial charge in [-0.15, -0.1) is 0 Å². The van der Waals surface area contributed by atoms with Crippen LogP contribution in [0.3, 0.4) is 0 Å². The van der Waals surface area contributed by atoms with Crippen LogP contribution in [0.1, 0.15) is 40.5 Å². The summed E-state index contributed by atoms with van der Waals surface area (Å²) in [5.74, 6) is -0.645. The molecule has 0 aromatic heterocycles. The maximum Gasteiger partial charge on any atom is 0.245 e. The molecule has 0 radical (unpaired) electrons. The van der Waals surface area contributed by atoms with Gasteiger partial charge in [0.1, 0.15) is 12.1 Å². The summed E-state index contributed by atoms with van der Waals surface area (Å²) < 4.78 is 0. The molecule has 19 heavy (non-hydrogen) atoms. The average Bonchev–Trinajstić information content (AvgIpc) is 2.73. The molecule has 2 N–H and O–H groups in total. The summed E-state index contributed by atoms with van der Waals surface area (Å²) >= 11 is 0. The zero-order chi connectivity index (χ0) is 15.0. The first-order valence-electron chi connectivity index (χ1n) is 6.66. The summed E-state index contributed by atoms with van der Waals surface area (Å²) in [7, 11) is 1.58. The standard InChI is InChI=1S/C10H17N3O3.C3H8/c1-6(12-7(2)14)10(16)13(3)8-4-5-11-9(8)15;1-3-2/h6,8H,4-5H2,1-3H3,(H,11,15)(H,12,14);3H2,1-2H3/t6-,8-;/m0./s1. The number of nitrogens with one attached hydrogen (secondary N) is 2. The van der Waals surface area contributed by atoms with E-state index in [-0.39, 0.29) is 17.7 Å². The quantitative estimate of drug-likeness (QED) is 0.773. The Labute approximate surface area is 114 Å². The van der Waals surface area contributed by atoms with Gasteiger partial charge in [0.15, 0.2) is 0 Å². The lowest BCUT2D eigenvalue weighted by Crippen LogP contribution is -2.50. The molecule has 1 saturated heterocycles. The van der Waals surface area contributed by atoms with Gasteiger partial charge in [0.05, 0.1) is 0 Å². The van der Waals surface area contributed by atoms with Crippen molar-refractivity contribution in [1.82, 2.24) is 15.5 Å². The number of nitrogens with zero attached hydrogens (tertiary/aromatic N) is 1. The number of carbonyl (C=O) groups excluding carboxylic acids is 3. The molecule has 0 unspecified atom stereocenters. The fourth-order valence-corrected chi connectivity index (χ4v) is 1.78. The van der Waals surface area contributed by atoms with Gasteiger partial charge < -0.3 is 15.5 Å². The predicted octanol–water partition coefficient (Wildman–Crippen LogP) is 0.274. The predicted molar refractivity (Wildman–Crippen MR) is 73.4 cm³/mol. The minimum absolute atomic E-state index is 0.133. The molecule has 0 saturated carbocycles. The van der Waals surface area contributed by atoms with Crippen molar-refractivity contribution >= 4 is 17.7 Å². The summed E-state index contributed by atoms with van der Waals surface area (Å²) in [5.41, 5.74) is 0. The first-order valence-corrected chi connectivity index (χ1v) is 6.66. The van der Waals surface area contributed by atoms with Crippen molar-refractivity contribution in [2.45, 2.75) is 52.6 Å². The lowest BCUT2D eigenvalue weighted by Gasteiger charge is -2.25. The van der Waals surface area contributed by atoms with E-state index in [4.69, 9.17) is 0 Å². The van der Waals surface area contributed by atoms with E-state index in [2.05, 4.69) is 24.5 Å². The van der Waals surface area contributed by atoms with Crippen molar-refractivity contribution in [3.8, 4) is 0 Å². The second kappa shape index (κ2) is 8.50. The van der Waals surface area contributed by atoms with Gasteiger partial charge in [0.25, 0.3) is 0 Å². The molecule has 1 rings (SSSR count). The fourth-order valence-electron chi connectivity index (χ4n) is 1.78. The average molecular weight is 271 g/mol. The monoisotopic (exact) mass is 271 g/mol. The van der Waals surface area contributed by atoms with Crippen LogP contribution in [0.15, 0.2) is 0 Å². The molecular weight excluding hydrogens is 246 g/mol. The van der Waals surface area contributed by atoms with Crippen molar-refractivity contribution < 1.29 is 14.4 Å². The molecule has 1 aliphatic rings. The van der Waals surface area contributed by atoms with Gasteiger partial charge in [0.2, 0.25) is 17.7 Å². The van der Waals surface area contributed by atoms with Gasteiger partial charge in [-0.25, -0.2) is 0 Å². The molecule has 0 aromatic carbocycles. The lowest BCUT2D eigenvalue weighted by molar-refractivity contribution is -0.139. The van der Waals surface area contributed by atoms with Crippen molar-refractivity contribution in [1.29, 1.82) is 0 Å². The van der Waals surface area contributed by atoms with Crippen LogP contribution in [0.4, 0.5) is 0 Å². The van der Waals surface area contributed by atoms with Gasteiger partial charge in [0, 0.05) is 20.5 Å². The van der Waals surface area contributed by atoms with Crippen LogP contribution in [0.2, 0.25) is 0 Å². The Hall–Kier alpha value is -1.59. The maximum absolute atomic E-state index is 11.8. The number of likely N-dealkylation sites (N-methyl/N-ethyl adjacent to an activating group) is 1. The summed E-state index contributed by atoms with van der Waals surface area (Å²) in [6.07, 6.45) is 1.87. The van der Waals surface area contributed by atoms with E-state index < -0.39 is 12.1 Å². The van der Waals surface area contributed by atoms with Gasteiger partial charge in [-0.2, -0.15) is 0 Å². The summed E-state index contributed by atoms with van der Waals surface area (Å²) in [6, 6.07) is -1.01. The Morgan fingerprint density at radius 1 is 1.47 bits per heavy atom. The third-order valence-corrected chi connectivity index (χ3v) is 2.62. The van der Waals surface area contributed by atoms with Gasteiger partial charge in [-0.05, 0) is 13.3 Å². The van der Waals surface area contributed by atoms with Crippen molar-refractivity contribution in [2.24, 2.45) is 0 Å². The normalized spacial score (nSPS) is 18.8. The molecule has 110 valence electrons. The fraction of sp³-hybridized carbons (Fsp3) is 0.769. The van der Waals surface area contributed by atoms with Crippen molar-refractivity contribution in [3.63, 3.8) is 0 Å².